The zero-order chi connectivity index (χ0) is 11.4. The Kier molecular flexibility index (Phi) is 3.78. The molecular formula is C13H21N3. The van der Waals surface area contributed by atoms with E-state index in [1.807, 2.05) is 12.3 Å². The van der Waals surface area contributed by atoms with Crippen LogP contribution in [0.15, 0.2) is 18.3 Å². The van der Waals surface area contributed by atoms with Gasteiger partial charge in [-0.25, -0.2) is 0 Å². The maximum absolute atomic E-state index is 5.73. The fraction of sp³-hybridized carbons (Fsp3) is 0.615. The maximum Gasteiger partial charge on any atom is 0.0772 e. The highest BCUT2D eigenvalue weighted by atomic mass is 15.1. The van der Waals surface area contributed by atoms with Crippen molar-refractivity contribution in [3.05, 3.63) is 24.0 Å². The Morgan fingerprint density at radius 2 is 2.12 bits per heavy atom. The standard InChI is InChI=1S/C13H21N3/c1-16(11-6-3-2-4-7-11)13-8-5-9-15-12(13)10-14/h5,8-9,11H,2-4,6-7,10,14H2,1H3. The van der Waals surface area contributed by atoms with E-state index in [0.29, 0.717) is 12.6 Å². The summed E-state index contributed by atoms with van der Waals surface area (Å²) in [6, 6.07) is 4.79. The van der Waals surface area contributed by atoms with Gasteiger partial charge in [-0.1, -0.05) is 19.3 Å². The van der Waals surface area contributed by atoms with Gasteiger partial charge in [0.15, 0.2) is 0 Å². The van der Waals surface area contributed by atoms with Gasteiger partial charge in [0, 0.05) is 25.8 Å². The normalized spacial score (nSPS) is 17.4. The van der Waals surface area contributed by atoms with Crippen LogP contribution in [0.25, 0.3) is 0 Å². The lowest BCUT2D eigenvalue weighted by atomic mass is 9.94. The van der Waals surface area contributed by atoms with Gasteiger partial charge in [0.1, 0.15) is 0 Å². The van der Waals surface area contributed by atoms with Gasteiger partial charge in [0.2, 0.25) is 0 Å². The molecule has 0 atom stereocenters. The summed E-state index contributed by atoms with van der Waals surface area (Å²) >= 11 is 0. The minimum atomic E-state index is 0.521. The van der Waals surface area contributed by atoms with Crippen molar-refractivity contribution in [2.24, 2.45) is 5.73 Å². The summed E-state index contributed by atoms with van der Waals surface area (Å²) in [5.41, 5.74) is 7.94. The minimum absolute atomic E-state index is 0.521. The summed E-state index contributed by atoms with van der Waals surface area (Å²) in [5, 5.41) is 0. The van der Waals surface area contributed by atoms with Crippen LogP contribution in [0.1, 0.15) is 37.8 Å². The van der Waals surface area contributed by atoms with E-state index < -0.39 is 0 Å². The molecule has 1 aromatic heterocycles. The quantitative estimate of drug-likeness (QED) is 0.848. The summed E-state index contributed by atoms with van der Waals surface area (Å²) in [6.45, 7) is 0.521. The number of aromatic nitrogens is 1. The summed E-state index contributed by atoms with van der Waals surface area (Å²) in [4.78, 5) is 6.72. The van der Waals surface area contributed by atoms with Gasteiger partial charge in [0.25, 0.3) is 0 Å². The topological polar surface area (TPSA) is 42.2 Å². The molecule has 1 aromatic rings. The molecule has 2 rings (SSSR count). The van der Waals surface area contributed by atoms with Gasteiger partial charge < -0.3 is 10.6 Å². The van der Waals surface area contributed by atoms with Crippen molar-refractivity contribution in [1.82, 2.24) is 4.98 Å². The van der Waals surface area contributed by atoms with Crippen LogP contribution < -0.4 is 10.6 Å². The van der Waals surface area contributed by atoms with Gasteiger partial charge in [-0.15, -0.1) is 0 Å². The van der Waals surface area contributed by atoms with Crippen molar-refractivity contribution in [1.29, 1.82) is 0 Å². The number of hydrogen-bond acceptors (Lipinski definition) is 3. The third-order valence-electron chi connectivity index (χ3n) is 3.56. The maximum atomic E-state index is 5.73. The molecule has 0 radical (unpaired) electrons. The van der Waals surface area contributed by atoms with Crippen LogP contribution in [0.3, 0.4) is 0 Å². The SMILES string of the molecule is CN(c1cccnc1CN)C1CCCCC1. The largest absolute Gasteiger partial charge is 0.370 e. The van der Waals surface area contributed by atoms with Gasteiger partial charge in [-0.2, -0.15) is 0 Å². The van der Waals surface area contributed by atoms with Gasteiger partial charge in [0.05, 0.1) is 11.4 Å². The van der Waals surface area contributed by atoms with Crippen molar-refractivity contribution in [3.63, 3.8) is 0 Å². The van der Waals surface area contributed by atoms with Crippen molar-refractivity contribution in [2.45, 2.75) is 44.7 Å². The lowest BCUT2D eigenvalue weighted by Gasteiger charge is -2.33. The van der Waals surface area contributed by atoms with Gasteiger partial charge >= 0.3 is 0 Å². The predicted molar refractivity (Wildman–Crippen MR) is 67.4 cm³/mol. The van der Waals surface area contributed by atoms with Crippen molar-refractivity contribution in [2.75, 3.05) is 11.9 Å². The van der Waals surface area contributed by atoms with Gasteiger partial charge in [-0.05, 0) is 25.0 Å². The lowest BCUT2D eigenvalue weighted by Crippen LogP contribution is -2.34. The Morgan fingerprint density at radius 1 is 1.38 bits per heavy atom. The molecule has 3 nitrogen and oxygen atoms in total. The minimum Gasteiger partial charge on any atom is -0.370 e. The average molecular weight is 219 g/mol. The fourth-order valence-electron chi connectivity index (χ4n) is 2.57. The number of pyridine rings is 1. The first-order valence-corrected chi connectivity index (χ1v) is 6.19. The highest BCUT2D eigenvalue weighted by Crippen LogP contribution is 2.27. The second kappa shape index (κ2) is 5.30. The van der Waals surface area contributed by atoms with Crippen LogP contribution in [0.2, 0.25) is 0 Å². The number of hydrogen-bond donors (Lipinski definition) is 1. The molecule has 1 aliphatic carbocycles. The number of nitrogens with two attached hydrogens (primary N) is 1. The van der Waals surface area contributed by atoms with Gasteiger partial charge in [-0.3, -0.25) is 4.98 Å². The molecular weight excluding hydrogens is 198 g/mol. The number of anilines is 1. The average Bonchev–Trinajstić information content (AvgIpc) is 2.39. The second-order valence-corrected chi connectivity index (χ2v) is 4.58. The first-order chi connectivity index (χ1) is 7.83. The summed E-state index contributed by atoms with van der Waals surface area (Å²) < 4.78 is 0. The molecule has 1 aliphatic rings. The third kappa shape index (κ3) is 2.35. The van der Waals surface area contributed by atoms with Crippen LogP contribution in [-0.2, 0) is 6.54 Å². The van der Waals surface area contributed by atoms with Crippen LogP contribution in [-0.4, -0.2) is 18.1 Å². The van der Waals surface area contributed by atoms with E-state index in [2.05, 4.69) is 23.0 Å². The second-order valence-electron chi connectivity index (χ2n) is 4.58. The van der Waals surface area contributed by atoms with Crippen molar-refractivity contribution < 1.29 is 0 Å². The van der Waals surface area contributed by atoms with E-state index >= 15 is 0 Å². The summed E-state index contributed by atoms with van der Waals surface area (Å²) in [5.74, 6) is 0. The fourth-order valence-corrected chi connectivity index (χ4v) is 2.57. The van der Waals surface area contributed by atoms with Crippen LogP contribution in [0.4, 0.5) is 5.69 Å². The molecule has 88 valence electrons. The highest BCUT2D eigenvalue weighted by Gasteiger charge is 2.19. The lowest BCUT2D eigenvalue weighted by molar-refractivity contribution is 0.427. The third-order valence-corrected chi connectivity index (χ3v) is 3.56. The molecule has 1 heterocycles. The Labute approximate surface area is 97.7 Å². The first-order valence-electron chi connectivity index (χ1n) is 6.19. The molecule has 0 bridgehead atoms. The Balaban J connectivity index is 2.15. The number of rotatable bonds is 3. The van der Waals surface area contributed by atoms with Crippen molar-refractivity contribution >= 4 is 5.69 Å². The van der Waals surface area contributed by atoms with Crippen LogP contribution in [0.5, 0.6) is 0 Å². The summed E-state index contributed by atoms with van der Waals surface area (Å²) in [6.07, 6.45) is 8.52. The molecule has 0 saturated heterocycles. The summed E-state index contributed by atoms with van der Waals surface area (Å²) in [7, 11) is 2.17. The molecule has 0 unspecified atom stereocenters. The zero-order valence-corrected chi connectivity index (χ0v) is 10.0. The van der Waals surface area contributed by atoms with E-state index in [1.165, 1.54) is 37.8 Å². The molecule has 16 heavy (non-hydrogen) atoms. The van der Waals surface area contributed by atoms with E-state index in [9.17, 15) is 0 Å². The van der Waals surface area contributed by atoms with Crippen LogP contribution in [0, 0.1) is 0 Å². The Bertz CT molecular complexity index is 332. The van der Waals surface area contributed by atoms with E-state index in [-0.39, 0.29) is 0 Å². The molecule has 2 N–H and O–H groups in total. The van der Waals surface area contributed by atoms with Crippen LogP contribution >= 0.6 is 0 Å². The Morgan fingerprint density at radius 3 is 2.81 bits per heavy atom. The molecule has 0 aliphatic heterocycles. The molecule has 0 amide bonds. The number of nitrogens with zero attached hydrogens (tertiary/aromatic N) is 2. The molecule has 1 fully saturated rings. The molecule has 1 saturated carbocycles. The first kappa shape index (κ1) is 11.4. The highest BCUT2D eigenvalue weighted by molar-refractivity contribution is 5.50. The van der Waals surface area contributed by atoms with E-state index in [1.54, 1.807) is 0 Å². The molecule has 3 heteroatoms. The predicted octanol–water partition coefficient (Wildman–Crippen LogP) is 2.31. The van der Waals surface area contributed by atoms with E-state index in [0.717, 1.165) is 5.69 Å². The van der Waals surface area contributed by atoms with E-state index in [4.69, 9.17) is 5.73 Å². The zero-order valence-electron chi connectivity index (χ0n) is 10.0. The molecule has 0 aromatic carbocycles. The smallest absolute Gasteiger partial charge is 0.0772 e. The Hall–Kier alpha value is -1.09. The molecule has 0 spiro atoms. The monoisotopic (exact) mass is 219 g/mol. The van der Waals surface area contributed by atoms with Crippen molar-refractivity contribution in [3.8, 4) is 0 Å².